The van der Waals surface area contributed by atoms with Crippen LogP contribution < -0.4 is 5.32 Å². The number of nitrogens with one attached hydrogen (secondary N) is 1. The molecular weight excluding hydrogens is 270 g/mol. The van der Waals surface area contributed by atoms with Gasteiger partial charge in [0.1, 0.15) is 0 Å². The fourth-order valence-corrected chi connectivity index (χ4v) is 2.33. The van der Waals surface area contributed by atoms with E-state index in [1.54, 1.807) is 25.3 Å². The number of aryl methyl sites for hydroxylation is 2. The molecule has 0 amide bonds. The number of halogens is 2. The zero-order chi connectivity index (χ0) is 15.4. The number of rotatable bonds is 5. The molecule has 0 bridgehead atoms. The summed E-state index contributed by atoms with van der Waals surface area (Å²) < 4.78 is 28.2. The normalized spacial score (nSPS) is 12.4. The molecule has 112 valence electrons. The fraction of sp³-hybridized carbons (Fsp3) is 0.353. The summed E-state index contributed by atoms with van der Waals surface area (Å²) in [5, 5.41) is 3.26. The molecule has 0 spiro atoms. The molecule has 0 aliphatic rings. The minimum absolute atomic E-state index is 0.299. The van der Waals surface area contributed by atoms with E-state index in [0.717, 1.165) is 17.7 Å². The molecule has 0 radical (unpaired) electrons. The first-order chi connectivity index (χ1) is 10.1. The minimum atomic E-state index is -0.798. The Balaban J connectivity index is 2.51. The van der Waals surface area contributed by atoms with E-state index in [1.165, 1.54) is 0 Å². The van der Waals surface area contributed by atoms with E-state index in [1.807, 2.05) is 26.0 Å². The van der Waals surface area contributed by atoms with Gasteiger partial charge in [-0.1, -0.05) is 25.1 Å². The van der Waals surface area contributed by atoms with Gasteiger partial charge in [-0.2, -0.15) is 0 Å². The predicted octanol–water partition coefficient (Wildman–Crippen LogP) is 4.07. The first kappa shape index (κ1) is 15.6. The lowest BCUT2D eigenvalue weighted by atomic mass is 9.97. The summed E-state index contributed by atoms with van der Waals surface area (Å²) in [6.07, 6.45) is 2.57. The van der Waals surface area contributed by atoms with Crippen LogP contribution in [0.4, 0.5) is 8.78 Å². The van der Waals surface area contributed by atoms with Crippen molar-refractivity contribution in [3.63, 3.8) is 0 Å². The Morgan fingerprint density at radius 1 is 1.10 bits per heavy atom. The molecule has 2 nitrogen and oxygen atoms in total. The van der Waals surface area contributed by atoms with Crippen LogP contribution in [0.2, 0.25) is 0 Å². The molecule has 1 atom stereocenters. The molecule has 2 rings (SSSR count). The first-order valence-electron chi connectivity index (χ1n) is 7.15. The zero-order valence-corrected chi connectivity index (χ0v) is 12.6. The summed E-state index contributed by atoms with van der Waals surface area (Å²) >= 11 is 0. The van der Waals surface area contributed by atoms with E-state index < -0.39 is 17.7 Å². The van der Waals surface area contributed by atoms with Crippen molar-refractivity contribution in [2.75, 3.05) is 6.54 Å². The second-order valence-electron chi connectivity index (χ2n) is 5.19. The number of aromatic nitrogens is 1. The van der Waals surface area contributed by atoms with Crippen LogP contribution >= 0.6 is 0 Å². The second kappa shape index (κ2) is 6.76. The van der Waals surface area contributed by atoms with Crippen molar-refractivity contribution in [1.29, 1.82) is 0 Å². The highest BCUT2D eigenvalue weighted by Gasteiger charge is 2.22. The van der Waals surface area contributed by atoms with E-state index >= 15 is 0 Å². The molecular formula is C17H20F2N2. The molecule has 0 aliphatic carbocycles. The van der Waals surface area contributed by atoms with Crippen molar-refractivity contribution < 1.29 is 8.78 Å². The number of pyridine rings is 1. The zero-order valence-electron chi connectivity index (χ0n) is 12.6. The molecule has 0 saturated carbocycles. The molecule has 2 aromatic rings. The van der Waals surface area contributed by atoms with Crippen molar-refractivity contribution in [1.82, 2.24) is 10.3 Å². The van der Waals surface area contributed by atoms with Gasteiger partial charge in [0.15, 0.2) is 11.6 Å². The summed E-state index contributed by atoms with van der Waals surface area (Å²) in [5.41, 5.74) is 2.29. The van der Waals surface area contributed by atoms with Crippen molar-refractivity contribution >= 4 is 0 Å². The maximum absolute atomic E-state index is 14.3. The highest BCUT2D eigenvalue weighted by molar-refractivity contribution is 5.35. The molecule has 1 aromatic heterocycles. The van der Waals surface area contributed by atoms with Crippen molar-refractivity contribution in [3.8, 4) is 0 Å². The molecule has 21 heavy (non-hydrogen) atoms. The van der Waals surface area contributed by atoms with Gasteiger partial charge in [0.25, 0.3) is 0 Å². The Morgan fingerprint density at radius 2 is 1.86 bits per heavy atom. The third kappa shape index (κ3) is 3.27. The van der Waals surface area contributed by atoms with E-state index in [-0.39, 0.29) is 0 Å². The van der Waals surface area contributed by atoms with Gasteiger partial charge in [-0.25, -0.2) is 8.78 Å². The van der Waals surface area contributed by atoms with Crippen LogP contribution in [-0.4, -0.2) is 11.5 Å². The van der Waals surface area contributed by atoms with Crippen LogP contribution in [0.25, 0.3) is 0 Å². The lowest BCUT2D eigenvalue weighted by Gasteiger charge is -2.21. The molecule has 0 saturated heterocycles. The number of nitrogens with zero attached hydrogens (tertiary/aromatic N) is 1. The van der Waals surface area contributed by atoms with Gasteiger partial charge >= 0.3 is 0 Å². The third-order valence-electron chi connectivity index (χ3n) is 3.54. The third-order valence-corrected chi connectivity index (χ3v) is 3.54. The molecule has 1 N–H and O–H groups in total. The van der Waals surface area contributed by atoms with Crippen molar-refractivity contribution in [3.05, 3.63) is 64.5 Å². The molecule has 1 aromatic carbocycles. The predicted molar refractivity (Wildman–Crippen MR) is 80.2 cm³/mol. The Kier molecular flexibility index (Phi) is 5.02. The van der Waals surface area contributed by atoms with Crippen LogP contribution in [0.1, 0.15) is 41.8 Å². The second-order valence-corrected chi connectivity index (χ2v) is 5.19. The van der Waals surface area contributed by atoms with Crippen LogP contribution in [0.15, 0.2) is 30.5 Å². The van der Waals surface area contributed by atoms with Gasteiger partial charge in [-0.15, -0.1) is 0 Å². The number of hydrogen-bond acceptors (Lipinski definition) is 2. The van der Waals surface area contributed by atoms with Gasteiger partial charge in [0.2, 0.25) is 0 Å². The highest BCUT2D eigenvalue weighted by Crippen LogP contribution is 2.27. The van der Waals surface area contributed by atoms with Gasteiger partial charge < -0.3 is 5.32 Å². The van der Waals surface area contributed by atoms with Crippen LogP contribution in [0, 0.1) is 25.5 Å². The smallest absolute Gasteiger partial charge is 0.164 e. The first-order valence-corrected chi connectivity index (χ1v) is 7.15. The molecule has 4 heteroatoms. The Bertz CT molecular complexity index is 626. The quantitative estimate of drug-likeness (QED) is 0.898. The summed E-state index contributed by atoms with van der Waals surface area (Å²) in [7, 11) is 0. The number of benzene rings is 1. The molecule has 1 unspecified atom stereocenters. The average molecular weight is 290 g/mol. The number of hydrogen-bond donors (Lipinski definition) is 1. The lowest BCUT2D eigenvalue weighted by Crippen LogP contribution is -2.26. The lowest BCUT2D eigenvalue weighted by molar-refractivity contribution is 0.473. The van der Waals surface area contributed by atoms with Gasteiger partial charge in [0.05, 0.1) is 11.7 Å². The summed E-state index contributed by atoms with van der Waals surface area (Å²) in [6, 6.07) is 6.55. The van der Waals surface area contributed by atoms with Crippen LogP contribution in [0.5, 0.6) is 0 Å². The monoisotopic (exact) mass is 290 g/mol. The van der Waals surface area contributed by atoms with Crippen LogP contribution in [-0.2, 0) is 0 Å². The van der Waals surface area contributed by atoms with E-state index in [0.29, 0.717) is 17.7 Å². The summed E-state index contributed by atoms with van der Waals surface area (Å²) in [4.78, 5) is 4.35. The maximum atomic E-state index is 14.3. The Morgan fingerprint density at radius 3 is 2.52 bits per heavy atom. The Labute approximate surface area is 124 Å². The van der Waals surface area contributed by atoms with E-state index in [2.05, 4.69) is 10.3 Å². The summed E-state index contributed by atoms with van der Waals surface area (Å²) in [5.74, 6) is -1.59. The summed E-state index contributed by atoms with van der Waals surface area (Å²) in [6.45, 7) is 6.21. The van der Waals surface area contributed by atoms with Crippen molar-refractivity contribution in [2.45, 2.75) is 33.2 Å². The van der Waals surface area contributed by atoms with Gasteiger partial charge in [-0.3, -0.25) is 4.98 Å². The van der Waals surface area contributed by atoms with Crippen molar-refractivity contribution in [2.24, 2.45) is 0 Å². The van der Waals surface area contributed by atoms with E-state index in [4.69, 9.17) is 0 Å². The molecule has 1 heterocycles. The van der Waals surface area contributed by atoms with Gasteiger partial charge in [-0.05, 0) is 44.0 Å². The highest BCUT2D eigenvalue weighted by atomic mass is 19.2. The minimum Gasteiger partial charge on any atom is -0.305 e. The topological polar surface area (TPSA) is 24.9 Å². The largest absolute Gasteiger partial charge is 0.305 e. The maximum Gasteiger partial charge on any atom is 0.164 e. The molecule has 0 aliphatic heterocycles. The fourth-order valence-electron chi connectivity index (χ4n) is 2.33. The Hall–Kier alpha value is -1.81. The SMILES string of the molecule is CCCNC(c1ccc(C)c(F)c1F)c1ncccc1C. The van der Waals surface area contributed by atoms with Crippen LogP contribution in [0.3, 0.4) is 0 Å². The molecule has 0 fully saturated rings. The van der Waals surface area contributed by atoms with E-state index in [9.17, 15) is 8.78 Å². The average Bonchev–Trinajstić information content (AvgIpc) is 2.48. The standard InChI is InChI=1S/C17H20F2N2/c1-4-9-20-17(16-12(3)6-5-10-21-16)13-8-7-11(2)14(18)15(13)19/h5-8,10,17,20H,4,9H2,1-3H3. The van der Waals surface area contributed by atoms with Gasteiger partial charge in [0, 0.05) is 11.8 Å².